The molecule has 0 aliphatic carbocycles. The van der Waals surface area contributed by atoms with Gasteiger partial charge in [0, 0.05) is 0 Å². The van der Waals surface area contributed by atoms with Crippen LogP contribution < -0.4 is 11.3 Å². The summed E-state index contributed by atoms with van der Waals surface area (Å²) in [7, 11) is 0. The summed E-state index contributed by atoms with van der Waals surface area (Å²) in [6.45, 7) is 8.85. The highest BCUT2D eigenvalue weighted by atomic mass is 16.5. The molecule has 3 nitrogen and oxygen atoms in total. The minimum absolute atomic E-state index is 0.0418. The topological polar surface area (TPSA) is 47.3 Å². The highest BCUT2D eigenvalue weighted by molar-refractivity contribution is 5.25. The van der Waals surface area contributed by atoms with Crippen LogP contribution in [0.4, 0.5) is 0 Å². The van der Waals surface area contributed by atoms with Gasteiger partial charge in [0.15, 0.2) is 0 Å². The fraction of sp³-hybridized carbons (Fsp3) is 0.571. The Morgan fingerprint density at radius 3 is 2.24 bits per heavy atom. The van der Waals surface area contributed by atoms with Crippen molar-refractivity contribution in [2.24, 2.45) is 5.84 Å². The number of ether oxygens (including phenoxy) is 1. The van der Waals surface area contributed by atoms with Crippen molar-refractivity contribution in [1.29, 1.82) is 0 Å². The third-order valence-electron chi connectivity index (χ3n) is 2.67. The number of benzene rings is 1. The highest BCUT2D eigenvalue weighted by Gasteiger charge is 2.15. The molecule has 1 rings (SSSR count). The summed E-state index contributed by atoms with van der Waals surface area (Å²) in [6, 6.07) is 8.53. The van der Waals surface area contributed by atoms with Crippen molar-refractivity contribution in [1.82, 2.24) is 5.43 Å². The number of nitrogens with one attached hydrogen (secondary N) is 1. The van der Waals surface area contributed by atoms with E-state index in [0.29, 0.717) is 6.61 Å². The van der Waals surface area contributed by atoms with E-state index in [1.807, 2.05) is 20.8 Å². The molecule has 0 saturated heterocycles. The Bertz CT molecular complexity index is 327. The van der Waals surface area contributed by atoms with Gasteiger partial charge in [0.05, 0.1) is 18.2 Å². The molecule has 0 saturated carbocycles. The summed E-state index contributed by atoms with van der Waals surface area (Å²) in [5, 5.41) is 0. The number of nitrogens with two attached hydrogens (primary N) is 1. The van der Waals surface area contributed by atoms with Gasteiger partial charge in [-0.3, -0.25) is 11.3 Å². The molecular weight excluding hydrogens is 212 g/mol. The predicted octanol–water partition coefficient (Wildman–Crippen LogP) is 2.57. The molecule has 17 heavy (non-hydrogen) atoms. The molecule has 0 heterocycles. The van der Waals surface area contributed by atoms with Crippen LogP contribution in [0.2, 0.25) is 0 Å². The summed E-state index contributed by atoms with van der Waals surface area (Å²) < 4.78 is 5.75. The standard InChI is InChI=1S/C14H24N2O/c1-5-11-6-8-12(9-7-11)13(16-15)10-17-14(2,3)4/h6-9,13,16H,5,10,15H2,1-4H3. The van der Waals surface area contributed by atoms with Gasteiger partial charge in [-0.1, -0.05) is 31.2 Å². The lowest BCUT2D eigenvalue weighted by atomic mass is 10.0. The Kier molecular flexibility index (Phi) is 5.12. The van der Waals surface area contributed by atoms with Crippen molar-refractivity contribution in [2.75, 3.05) is 6.61 Å². The maximum Gasteiger partial charge on any atom is 0.0694 e. The van der Waals surface area contributed by atoms with Gasteiger partial charge in [-0.25, -0.2) is 0 Å². The molecular formula is C14H24N2O. The van der Waals surface area contributed by atoms with E-state index in [0.717, 1.165) is 12.0 Å². The van der Waals surface area contributed by atoms with E-state index < -0.39 is 0 Å². The Morgan fingerprint density at radius 1 is 1.24 bits per heavy atom. The molecule has 0 radical (unpaired) electrons. The van der Waals surface area contributed by atoms with Gasteiger partial charge in [0.1, 0.15) is 0 Å². The first-order chi connectivity index (χ1) is 7.96. The Balaban J connectivity index is 2.66. The highest BCUT2D eigenvalue weighted by Crippen LogP contribution is 2.17. The fourth-order valence-electron chi connectivity index (χ4n) is 1.56. The second kappa shape index (κ2) is 6.15. The first-order valence-corrected chi connectivity index (χ1v) is 6.15. The molecule has 0 amide bonds. The summed E-state index contributed by atoms with van der Waals surface area (Å²) in [5.74, 6) is 5.57. The van der Waals surface area contributed by atoms with Crippen LogP contribution in [0.1, 0.15) is 44.9 Å². The van der Waals surface area contributed by atoms with Gasteiger partial charge < -0.3 is 4.74 Å². The van der Waals surface area contributed by atoms with Crippen LogP contribution >= 0.6 is 0 Å². The predicted molar refractivity (Wildman–Crippen MR) is 71.6 cm³/mol. The van der Waals surface area contributed by atoms with Crippen LogP contribution in [0.5, 0.6) is 0 Å². The van der Waals surface area contributed by atoms with Crippen LogP contribution in [0.25, 0.3) is 0 Å². The molecule has 0 aliphatic rings. The van der Waals surface area contributed by atoms with Crippen molar-refractivity contribution in [2.45, 2.75) is 45.8 Å². The number of hydrogen-bond donors (Lipinski definition) is 2. The minimum Gasteiger partial charge on any atom is -0.374 e. The lowest BCUT2D eigenvalue weighted by molar-refractivity contribution is -0.0148. The van der Waals surface area contributed by atoms with E-state index in [9.17, 15) is 0 Å². The molecule has 1 unspecified atom stereocenters. The molecule has 0 aromatic heterocycles. The summed E-state index contributed by atoms with van der Waals surface area (Å²) in [5.41, 5.74) is 5.16. The van der Waals surface area contributed by atoms with Gasteiger partial charge in [-0.15, -0.1) is 0 Å². The van der Waals surface area contributed by atoms with Gasteiger partial charge in [0.25, 0.3) is 0 Å². The van der Waals surface area contributed by atoms with Crippen LogP contribution in [0.15, 0.2) is 24.3 Å². The molecule has 0 fully saturated rings. The second-order valence-corrected chi connectivity index (χ2v) is 5.24. The van der Waals surface area contributed by atoms with Crippen LogP contribution in [-0.2, 0) is 11.2 Å². The molecule has 1 atom stereocenters. The lowest BCUT2D eigenvalue weighted by Gasteiger charge is -2.24. The molecule has 0 spiro atoms. The lowest BCUT2D eigenvalue weighted by Crippen LogP contribution is -2.34. The first kappa shape index (κ1) is 14.2. The molecule has 1 aromatic rings. The minimum atomic E-state index is -0.140. The van der Waals surface area contributed by atoms with Crippen molar-refractivity contribution < 1.29 is 4.74 Å². The molecule has 96 valence electrons. The average molecular weight is 236 g/mol. The van der Waals surface area contributed by atoms with Crippen LogP contribution in [-0.4, -0.2) is 12.2 Å². The average Bonchev–Trinajstić information content (AvgIpc) is 2.29. The number of hydrazine groups is 1. The third-order valence-corrected chi connectivity index (χ3v) is 2.67. The zero-order valence-corrected chi connectivity index (χ0v) is 11.3. The number of aryl methyl sites for hydroxylation is 1. The molecule has 1 aromatic carbocycles. The van der Waals surface area contributed by atoms with Crippen LogP contribution in [0, 0.1) is 0 Å². The van der Waals surface area contributed by atoms with Crippen molar-refractivity contribution in [3.05, 3.63) is 35.4 Å². The first-order valence-electron chi connectivity index (χ1n) is 6.15. The third kappa shape index (κ3) is 4.86. The number of rotatable bonds is 5. The number of hydrogen-bond acceptors (Lipinski definition) is 3. The fourth-order valence-corrected chi connectivity index (χ4v) is 1.56. The van der Waals surface area contributed by atoms with Gasteiger partial charge in [0.2, 0.25) is 0 Å². The molecule has 0 bridgehead atoms. The van der Waals surface area contributed by atoms with E-state index in [2.05, 4.69) is 36.6 Å². The van der Waals surface area contributed by atoms with Crippen molar-refractivity contribution in [3.8, 4) is 0 Å². The Labute approximate surface area is 104 Å². The molecule has 3 N–H and O–H groups in total. The maximum absolute atomic E-state index is 5.75. The Morgan fingerprint density at radius 2 is 1.82 bits per heavy atom. The SMILES string of the molecule is CCc1ccc(C(COC(C)(C)C)NN)cc1. The summed E-state index contributed by atoms with van der Waals surface area (Å²) in [4.78, 5) is 0. The molecule has 3 heteroatoms. The monoisotopic (exact) mass is 236 g/mol. The van der Waals surface area contributed by atoms with Gasteiger partial charge in [-0.2, -0.15) is 0 Å². The van der Waals surface area contributed by atoms with Crippen molar-refractivity contribution >= 4 is 0 Å². The van der Waals surface area contributed by atoms with E-state index >= 15 is 0 Å². The largest absolute Gasteiger partial charge is 0.374 e. The van der Waals surface area contributed by atoms with E-state index in [4.69, 9.17) is 10.6 Å². The van der Waals surface area contributed by atoms with Gasteiger partial charge in [-0.05, 0) is 38.3 Å². The normalized spacial score (nSPS) is 13.7. The zero-order chi connectivity index (χ0) is 12.9. The summed E-state index contributed by atoms with van der Waals surface area (Å²) in [6.07, 6.45) is 1.06. The second-order valence-electron chi connectivity index (χ2n) is 5.24. The smallest absolute Gasteiger partial charge is 0.0694 e. The van der Waals surface area contributed by atoms with E-state index in [1.165, 1.54) is 5.56 Å². The van der Waals surface area contributed by atoms with Crippen LogP contribution in [0.3, 0.4) is 0 Å². The van der Waals surface area contributed by atoms with Gasteiger partial charge >= 0.3 is 0 Å². The zero-order valence-electron chi connectivity index (χ0n) is 11.3. The van der Waals surface area contributed by atoms with E-state index in [-0.39, 0.29) is 11.6 Å². The summed E-state index contributed by atoms with van der Waals surface area (Å²) >= 11 is 0. The maximum atomic E-state index is 5.75. The van der Waals surface area contributed by atoms with Crippen molar-refractivity contribution in [3.63, 3.8) is 0 Å². The molecule has 0 aliphatic heterocycles. The van der Waals surface area contributed by atoms with E-state index in [1.54, 1.807) is 0 Å². The quantitative estimate of drug-likeness (QED) is 0.610. The Hall–Kier alpha value is -0.900.